The number of aromatic nitrogens is 4. The molecule has 0 saturated heterocycles. The number of aromatic amines is 1. The minimum absolute atomic E-state index is 0.0475. The second-order valence-corrected chi connectivity index (χ2v) is 6.24. The van der Waals surface area contributed by atoms with Gasteiger partial charge in [0.05, 0.1) is 17.3 Å². The van der Waals surface area contributed by atoms with Crippen LogP contribution >= 0.6 is 0 Å². The molecule has 0 amide bonds. The fraction of sp³-hybridized carbons (Fsp3) is 0.312. The molecule has 3 aromatic rings. The maximum Gasteiger partial charge on any atom is 0.416 e. The van der Waals surface area contributed by atoms with Crippen LogP contribution in [0, 0.1) is 0 Å². The molecule has 3 heterocycles. The van der Waals surface area contributed by atoms with E-state index in [-0.39, 0.29) is 12.0 Å². The molecule has 0 aliphatic carbocycles. The Morgan fingerprint density at radius 1 is 1.00 bits per heavy atom. The Morgan fingerprint density at radius 2 is 1.68 bits per heavy atom. The average molecular weight is 403 g/mol. The van der Waals surface area contributed by atoms with Crippen LogP contribution in [0.1, 0.15) is 22.4 Å². The summed E-state index contributed by atoms with van der Waals surface area (Å²) >= 11 is 0. The zero-order valence-corrected chi connectivity index (χ0v) is 13.9. The van der Waals surface area contributed by atoms with Crippen LogP contribution in [0.25, 0.3) is 11.5 Å². The molecule has 1 aromatic carbocycles. The predicted molar refractivity (Wildman–Crippen MR) is 83.1 cm³/mol. The van der Waals surface area contributed by atoms with Crippen molar-refractivity contribution in [2.24, 2.45) is 0 Å². The van der Waals surface area contributed by atoms with E-state index in [0.29, 0.717) is 31.6 Å². The summed E-state index contributed by atoms with van der Waals surface area (Å²) in [7, 11) is 0. The summed E-state index contributed by atoms with van der Waals surface area (Å²) in [6, 6.07) is 1.15. The Labute approximate surface area is 153 Å². The molecule has 1 aliphatic heterocycles. The van der Waals surface area contributed by atoms with Crippen molar-refractivity contribution < 1.29 is 30.9 Å². The third-order valence-electron chi connectivity index (χ3n) is 4.33. The Hall–Kier alpha value is -3.05. The topological polar surface area (TPSA) is 70.8 Å². The third kappa shape index (κ3) is 3.41. The van der Waals surface area contributed by atoms with Gasteiger partial charge < -0.3 is 9.42 Å². The van der Waals surface area contributed by atoms with Gasteiger partial charge in [0.25, 0.3) is 11.8 Å². The largest absolute Gasteiger partial charge is 0.416 e. The lowest BCUT2D eigenvalue weighted by Crippen LogP contribution is -2.30. The number of nitrogens with zero attached hydrogens (tertiary/aromatic N) is 4. The number of fused-ring (bicyclic) bond motifs is 1. The molecule has 0 saturated carbocycles. The van der Waals surface area contributed by atoms with Gasteiger partial charge in [0.1, 0.15) is 0 Å². The van der Waals surface area contributed by atoms with E-state index in [1.165, 1.54) is 0 Å². The van der Waals surface area contributed by atoms with Gasteiger partial charge in [-0.1, -0.05) is 0 Å². The molecule has 0 spiro atoms. The number of hydrogen-bond donors (Lipinski definition) is 1. The summed E-state index contributed by atoms with van der Waals surface area (Å²) < 4.78 is 83.0. The normalized spacial score (nSPS) is 15.0. The van der Waals surface area contributed by atoms with Crippen LogP contribution < -0.4 is 4.90 Å². The zero-order valence-electron chi connectivity index (χ0n) is 13.9. The van der Waals surface area contributed by atoms with E-state index in [2.05, 4.69) is 20.3 Å². The van der Waals surface area contributed by atoms with E-state index < -0.39 is 34.9 Å². The van der Waals surface area contributed by atoms with Gasteiger partial charge in [-0.2, -0.15) is 36.4 Å². The highest BCUT2D eigenvalue weighted by Gasteiger charge is 2.37. The monoisotopic (exact) mass is 403 g/mol. The predicted octanol–water partition coefficient (Wildman–Crippen LogP) is 4.06. The molecule has 0 fully saturated rings. The van der Waals surface area contributed by atoms with Gasteiger partial charge >= 0.3 is 12.4 Å². The summed E-state index contributed by atoms with van der Waals surface area (Å²) in [5.41, 5.74) is -1.50. The number of hydrogen-bond acceptors (Lipinski definition) is 5. The second-order valence-electron chi connectivity index (χ2n) is 6.24. The Morgan fingerprint density at radius 3 is 2.32 bits per heavy atom. The molecule has 1 N–H and O–H groups in total. The molecule has 12 heteroatoms. The summed E-state index contributed by atoms with van der Waals surface area (Å²) in [5, 5.41) is 10.5. The van der Waals surface area contributed by atoms with Crippen LogP contribution in [0.2, 0.25) is 0 Å². The van der Waals surface area contributed by atoms with Gasteiger partial charge in [-0.3, -0.25) is 5.10 Å². The number of benzene rings is 1. The molecular weight excluding hydrogens is 392 g/mol. The first-order valence-electron chi connectivity index (χ1n) is 8.01. The first-order chi connectivity index (χ1) is 13.1. The average Bonchev–Trinajstić information content (AvgIpc) is 3.28. The second kappa shape index (κ2) is 6.24. The maximum atomic E-state index is 13.0. The molecule has 0 radical (unpaired) electrons. The molecule has 0 atom stereocenters. The quantitative estimate of drug-likeness (QED) is 0.654. The fourth-order valence-corrected chi connectivity index (χ4v) is 2.93. The van der Waals surface area contributed by atoms with E-state index >= 15 is 0 Å². The van der Waals surface area contributed by atoms with Crippen LogP contribution in [0.5, 0.6) is 0 Å². The Kier molecular flexibility index (Phi) is 4.08. The van der Waals surface area contributed by atoms with Crippen LogP contribution in [0.15, 0.2) is 28.9 Å². The number of H-pyrrole nitrogens is 1. The van der Waals surface area contributed by atoms with E-state index in [1.54, 1.807) is 11.1 Å². The molecule has 148 valence electrons. The lowest BCUT2D eigenvalue weighted by Gasteiger charge is -2.24. The van der Waals surface area contributed by atoms with Crippen LogP contribution in [0.4, 0.5) is 32.3 Å². The molecule has 28 heavy (non-hydrogen) atoms. The Balaban J connectivity index is 1.68. The lowest BCUT2D eigenvalue weighted by atomic mass is 10.0. The molecule has 0 unspecified atom stereocenters. The summed E-state index contributed by atoms with van der Waals surface area (Å²) in [6.07, 6.45) is -7.67. The maximum absolute atomic E-state index is 13.0. The first kappa shape index (κ1) is 18.3. The summed E-state index contributed by atoms with van der Waals surface area (Å²) in [5.74, 6) is -0.350. The number of halogens is 6. The first-order valence-corrected chi connectivity index (χ1v) is 8.01. The van der Waals surface area contributed by atoms with Crippen molar-refractivity contribution in [1.82, 2.24) is 20.3 Å². The fourth-order valence-electron chi connectivity index (χ4n) is 2.93. The van der Waals surface area contributed by atoms with E-state index in [4.69, 9.17) is 4.52 Å². The molecule has 6 nitrogen and oxygen atoms in total. The summed E-state index contributed by atoms with van der Waals surface area (Å²) in [6.45, 7) is 0.881. The van der Waals surface area contributed by atoms with E-state index in [1.807, 2.05) is 0 Å². The van der Waals surface area contributed by atoms with Crippen molar-refractivity contribution in [2.75, 3.05) is 11.4 Å². The minimum Gasteiger partial charge on any atom is -0.333 e. The van der Waals surface area contributed by atoms with Crippen LogP contribution in [-0.2, 0) is 25.3 Å². The standard InChI is InChI=1S/C16H11F6N5O/c17-15(18,19)10-3-8(4-11(5-10)16(20,21)22)13-24-14(26-28-13)27-2-1-12-9(7-27)6-23-25-12/h3-6H,1-2,7H2,(H,23,25). The third-order valence-corrected chi connectivity index (χ3v) is 4.33. The van der Waals surface area contributed by atoms with E-state index in [9.17, 15) is 26.3 Å². The Bertz CT molecular complexity index is 973. The van der Waals surface area contributed by atoms with Gasteiger partial charge in [-0.05, 0) is 23.4 Å². The van der Waals surface area contributed by atoms with Crippen molar-refractivity contribution in [3.8, 4) is 11.5 Å². The highest BCUT2D eigenvalue weighted by atomic mass is 19.4. The van der Waals surface area contributed by atoms with Gasteiger partial charge in [-0.25, -0.2) is 0 Å². The molecular formula is C16H11F6N5O. The lowest BCUT2D eigenvalue weighted by molar-refractivity contribution is -0.143. The number of anilines is 1. The van der Waals surface area contributed by atoms with Crippen molar-refractivity contribution in [3.63, 3.8) is 0 Å². The van der Waals surface area contributed by atoms with Gasteiger partial charge in [0.15, 0.2) is 0 Å². The SMILES string of the molecule is FC(F)(F)c1cc(-c2nc(N3CCc4[nH]ncc4C3)no2)cc(C(F)(F)F)c1. The van der Waals surface area contributed by atoms with Crippen molar-refractivity contribution in [3.05, 3.63) is 46.8 Å². The van der Waals surface area contributed by atoms with Crippen molar-refractivity contribution in [1.29, 1.82) is 0 Å². The summed E-state index contributed by atoms with van der Waals surface area (Å²) in [4.78, 5) is 5.69. The van der Waals surface area contributed by atoms with Gasteiger partial charge in [0.2, 0.25) is 0 Å². The molecule has 4 rings (SSSR count). The minimum atomic E-state index is -4.95. The van der Waals surface area contributed by atoms with Gasteiger partial charge in [0, 0.05) is 36.3 Å². The van der Waals surface area contributed by atoms with Crippen LogP contribution in [0.3, 0.4) is 0 Å². The number of alkyl halides is 6. The molecule has 2 aromatic heterocycles. The highest BCUT2D eigenvalue weighted by Crippen LogP contribution is 2.38. The molecule has 0 bridgehead atoms. The smallest absolute Gasteiger partial charge is 0.333 e. The highest BCUT2D eigenvalue weighted by molar-refractivity contribution is 5.58. The van der Waals surface area contributed by atoms with Crippen LogP contribution in [-0.4, -0.2) is 26.9 Å². The van der Waals surface area contributed by atoms with Gasteiger partial charge in [-0.15, -0.1) is 0 Å². The zero-order chi connectivity index (χ0) is 20.1. The number of nitrogens with one attached hydrogen (secondary N) is 1. The molecule has 1 aliphatic rings. The van der Waals surface area contributed by atoms with Crippen molar-refractivity contribution in [2.45, 2.75) is 25.3 Å². The van der Waals surface area contributed by atoms with E-state index in [0.717, 1.165) is 11.3 Å². The van der Waals surface area contributed by atoms with Crippen molar-refractivity contribution >= 4 is 5.95 Å². The number of rotatable bonds is 2.